The fourth-order valence-corrected chi connectivity index (χ4v) is 5.53. The summed E-state index contributed by atoms with van der Waals surface area (Å²) < 4.78 is 40.9. The van der Waals surface area contributed by atoms with Crippen LogP contribution in [0.15, 0.2) is 23.1 Å². The van der Waals surface area contributed by atoms with Gasteiger partial charge in [-0.1, -0.05) is 24.7 Å². The van der Waals surface area contributed by atoms with Crippen molar-refractivity contribution in [1.29, 1.82) is 0 Å². The van der Waals surface area contributed by atoms with Crippen LogP contribution in [0.3, 0.4) is 0 Å². The van der Waals surface area contributed by atoms with E-state index in [9.17, 15) is 12.8 Å². The highest BCUT2D eigenvalue weighted by Gasteiger charge is 2.42. The van der Waals surface area contributed by atoms with Gasteiger partial charge in [0.1, 0.15) is 10.8 Å². The first kappa shape index (κ1) is 14.9. The normalized spacial score (nSPS) is 26.0. The molecule has 1 aromatic rings. The summed E-state index contributed by atoms with van der Waals surface area (Å²) in [6.07, 6.45) is 3.31. The number of halogens is 1. The fourth-order valence-electron chi connectivity index (χ4n) is 3.49. The summed E-state index contributed by atoms with van der Waals surface area (Å²) in [7, 11) is -3.75. The SMILES string of the molecule is NC(=S)c1c(F)cccc1S(=O)(=O)N1CC2CCCC2C1. The van der Waals surface area contributed by atoms with Gasteiger partial charge in [0.15, 0.2) is 0 Å². The molecular formula is C14H17FN2O2S2. The maximum Gasteiger partial charge on any atom is 0.243 e. The molecule has 0 amide bonds. The molecule has 3 rings (SSSR count). The molecule has 1 saturated heterocycles. The van der Waals surface area contributed by atoms with Crippen molar-refractivity contribution in [1.82, 2.24) is 4.31 Å². The Kier molecular flexibility index (Phi) is 3.75. The smallest absolute Gasteiger partial charge is 0.243 e. The van der Waals surface area contributed by atoms with E-state index in [4.69, 9.17) is 18.0 Å². The number of hydrogen-bond acceptors (Lipinski definition) is 3. The summed E-state index contributed by atoms with van der Waals surface area (Å²) in [6, 6.07) is 3.92. The third-order valence-corrected chi connectivity index (χ3v) is 6.61. The van der Waals surface area contributed by atoms with Gasteiger partial charge in [-0.15, -0.1) is 0 Å². The Hall–Kier alpha value is -1.05. The number of sulfonamides is 1. The number of hydrogen-bond donors (Lipinski definition) is 1. The average molecular weight is 328 g/mol. The molecule has 2 atom stereocenters. The van der Waals surface area contributed by atoms with Crippen LogP contribution in [0.25, 0.3) is 0 Å². The van der Waals surface area contributed by atoms with Crippen LogP contribution in [-0.2, 0) is 10.0 Å². The van der Waals surface area contributed by atoms with Gasteiger partial charge in [0, 0.05) is 13.1 Å². The minimum atomic E-state index is -3.75. The van der Waals surface area contributed by atoms with Gasteiger partial charge >= 0.3 is 0 Å². The van der Waals surface area contributed by atoms with Crippen molar-refractivity contribution < 1.29 is 12.8 Å². The average Bonchev–Trinajstić information content (AvgIpc) is 2.98. The zero-order chi connectivity index (χ0) is 15.2. The molecule has 4 nitrogen and oxygen atoms in total. The number of benzene rings is 1. The molecule has 1 aliphatic heterocycles. The molecule has 114 valence electrons. The first-order valence-electron chi connectivity index (χ1n) is 6.99. The Morgan fingerprint density at radius 2 is 1.90 bits per heavy atom. The number of nitrogens with zero attached hydrogens (tertiary/aromatic N) is 1. The number of fused-ring (bicyclic) bond motifs is 1. The molecule has 1 heterocycles. The monoisotopic (exact) mass is 328 g/mol. The highest BCUT2D eigenvalue weighted by atomic mass is 32.2. The van der Waals surface area contributed by atoms with Crippen molar-refractivity contribution in [2.45, 2.75) is 24.2 Å². The Morgan fingerprint density at radius 1 is 1.29 bits per heavy atom. The zero-order valence-corrected chi connectivity index (χ0v) is 13.1. The van der Waals surface area contributed by atoms with Crippen LogP contribution in [-0.4, -0.2) is 30.8 Å². The second-order valence-electron chi connectivity index (χ2n) is 5.75. The van der Waals surface area contributed by atoms with Gasteiger partial charge in [0.25, 0.3) is 0 Å². The van der Waals surface area contributed by atoms with E-state index in [1.165, 1.54) is 28.9 Å². The van der Waals surface area contributed by atoms with Crippen LogP contribution >= 0.6 is 12.2 Å². The molecule has 1 aliphatic carbocycles. The predicted molar refractivity (Wildman–Crippen MR) is 81.9 cm³/mol. The molecule has 7 heteroatoms. The highest BCUT2D eigenvalue weighted by molar-refractivity contribution is 7.89. The van der Waals surface area contributed by atoms with Crippen molar-refractivity contribution in [3.8, 4) is 0 Å². The van der Waals surface area contributed by atoms with Crippen molar-refractivity contribution >= 4 is 27.2 Å². The first-order valence-corrected chi connectivity index (χ1v) is 8.84. The van der Waals surface area contributed by atoms with Crippen LogP contribution in [0.5, 0.6) is 0 Å². The standard InChI is InChI=1S/C14H17FN2O2S2/c15-11-5-2-6-12(13(11)14(16)20)21(18,19)17-7-9-3-1-4-10(9)8-17/h2,5-6,9-10H,1,3-4,7-8H2,(H2,16,20). The van der Waals surface area contributed by atoms with Gasteiger partial charge < -0.3 is 5.73 Å². The summed E-state index contributed by atoms with van der Waals surface area (Å²) >= 11 is 4.82. The largest absolute Gasteiger partial charge is 0.389 e. The fraction of sp³-hybridized carbons (Fsp3) is 0.500. The topological polar surface area (TPSA) is 63.4 Å². The summed E-state index contributed by atoms with van der Waals surface area (Å²) in [5, 5.41) is 0. The number of rotatable bonds is 3. The van der Waals surface area contributed by atoms with Crippen molar-refractivity contribution in [3.63, 3.8) is 0 Å². The molecular weight excluding hydrogens is 311 g/mol. The summed E-state index contributed by atoms with van der Waals surface area (Å²) in [6.45, 7) is 1.03. The quantitative estimate of drug-likeness (QED) is 0.861. The van der Waals surface area contributed by atoms with Crippen molar-refractivity contribution in [2.24, 2.45) is 17.6 Å². The first-order chi connectivity index (χ1) is 9.91. The molecule has 0 spiro atoms. The number of thiocarbonyl (C=S) groups is 1. The lowest BCUT2D eigenvalue weighted by molar-refractivity contribution is 0.445. The summed E-state index contributed by atoms with van der Waals surface area (Å²) in [5.41, 5.74) is 5.33. The van der Waals surface area contributed by atoms with Gasteiger partial charge in [0.2, 0.25) is 10.0 Å². The summed E-state index contributed by atoms with van der Waals surface area (Å²) in [5.74, 6) is 0.172. The van der Waals surface area contributed by atoms with Crippen LogP contribution < -0.4 is 5.73 Å². The van der Waals surface area contributed by atoms with E-state index in [-0.39, 0.29) is 15.4 Å². The predicted octanol–water partition coefficient (Wildman–Crippen LogP) is 1.88. The molecule has 0 radical (unpaired) electrons. The van der Waals surface area contributed by atoms with E-state index in [2.05, 4.69) is 0 Å². The van der Waals surface area contributed by atoms with Crippen LogP contribution in [0.2, 0.25) is 0 Å². The highest BCUT2D eigenvalue weighted by Crippen LogP contribution is 2.40. The molecule has 1 saturated carbocycles. The second-order valence-corrected chi connectivity index (χ2v) is 8.10. The van der Waals surface area contributed by atoms with E-state index < -0.39 is 15.8 Å². The van der Waals surface area contributed by atoms with Gasteiger partial charge in [-0.3, -0.25) is 0 Å². The molecule has 0 aromatic heterocycles. The lowest BCUT2D eigenvalue weighted by Crippen LogP contribution is -2.31. The lowest BCUT2D eigenvalue weighted by atomic mass is 10.0. The van der Waals surface area contributed by atoms with Gasteiger partial charge in [-0.05, 0) is 36.8 Å². The third kappa shape index (κ3) is 2.47. The third-order valence-electron chi connectivity index (χ3n) is 4.53. The second kappa shape index (κ2) is 5.30. The Labute approximate surface area is 129 Å². The van der Waals surface area contributed by atoms with Crippen LogP contribution in [0.4, 0.5) is 4.39 Å². The lowest BCUT2D eigenvalue weighted by Gasteiger charge is -2.19. The van der Waals surface area contributed by atoms with Gasteiger partial charge in [-0.25, -0.2) is 12.8 Å². The summed E-state index contributed by atoms with van der Waals surface area (Å²) in [4.78, 5) is -0.346. The maximum absolute atomic E-state index is 13.9. The van der Waals surface area contributed by atoms with E-state index in [1.54, 1.807) is 0 Å². The molecule has 2 unspecified atom stereocenters. The van der Waals surface area contributed by atoms with Crippen LogP contribution in [0, 0.1) is 17.7 Å². The Balaban J connectivity index is 2.00. The van der Waals surface area contributed by atoms with E-state index in [0.717, 1.165) is 12.8 Å². The van der Waals surface area contributed by atoms with Gasteiger partial charge in [-0.2, -0.15) is 4.31 Å². The van der Waals surface area contributed by atoms with E-state index in [1.807, 2.05) is 0 Å². The molecule has 2 N–H and O–H groups in total. The molecule has 21 heavy (non-hydrogen) atoms. The minimum absolute atomic E-state index is 0.116. The Bertz CT molecular complexity index is 678. The molecule has 2 aliphatic rings. The number of nitrogens with two attached hydrogens (primary N) is 1. The Morgan fingerprint density at radius 3 is 2.48 bits per heavy atom. The maximum atomic E-state index is 13.9. The minimum Gasteiger partial charge on any atom is -0.389 e. The molecule has 2 fully saturated rings. The molecule has 1 aromatic carbocycles. The van der Waals surface area contributed by atoms with Crippen molar-refractivity contribution in [3.05, 3.63) is 29.6 Å². The van der Waals surface area contributed by atoms with Crippen LogP contribution in [0.1, 0.15) is 24.8 Å². The van der Waals surface area contributed by atoms with Crippen molar-refractivity contribution in [2.75, 3.05) is 13.1 Å². The molecule has 0 bridgehead atoms. The van der Waals surface area contributed by atoms with E-state index >= 15 is 0 Å². The van der Waals surface area contributed by atoms with E-state index in [0.29, 0.717) is 24.9 Å². The van der Waals surface area contributed by atoms with Gasteiger partial charge in [0.05, 0.1) is 10.5 Å². The zero-order valence-electron chi connectivity index (χ0n) is 11.5.